The Bertz CT molecular complexity index is 455. The third-order valence-electron chi connectivity index (χ3n) is 3.58. The van der Waals surface area contributed by atoms with Gasteiger partial charge in [-0.3, -0.25) is 14.4 Å². The van der Waals surface area contributed by atoms with Crippen LogP contribution in [0.3, 0.4) is 0 Å². The molecule has 1 fully saturated rings. The highest BCUT2D eigenvalue weighted by Gasteiger charge is 2.25. The molecule has 1 atom stereocenters. The van der Waals surface area contributed by atoms with E-state index in [2.05, 4.69) is 16.9 Å². The van der Waals surface area contributed by atoms with Crippen LogP contribution in [0, 0.1) is 12.8 Å². The van der Waals surface area contributed by atoms with E-state index in [-0.39, 0.29) is 5.92 Å². The van der Waals surface area contributed by atoms with E-state index in [0.29, 0.717) is 12.2 Å². The van der Waals surface area contributed by atoms with E-state index >= 15 is 0 Å². The Balaban J connectivity index is 2.12. The molecular weight excluding hydrogens is 250 g/mol. The number of rotatable bonds is 3. The van der Waals surface area contributed by atoms with Gasteiger partial charge in [-0.15, -0.1) is 0 Å². The number of likely N-dealkylation sites (tertiary alicyclic amines) is 1. The Morgan fingerprint density at radius 2 is 2.22 bits per heavy atom. The summed E-state index contributed by atoms with van der Waals surface area (Å²) in [5.41, 5.74) is 1.95. The van der Waals surface area contributed by atoms with E-state index in [4.69, 9.17) is 11.6 Å². The summed E-state index contributed by atoms with van der Waals surface area (Å²) in [7, 11) is 0. The van der Waals surface area contributed by atoms with Gasteiger partial charge in [-0.25, -0.2) is 0 Å². The molecule has 100 valence electrons. The molecule has 0 bridgehead atoms. The number of Topliss-reactive ketones (excluding diaryl/α,β-unsaturated/α-hetero) is 1. The molecule has 4 nitrogen and oxygen atoms in total. The minimum absolute atomic E-state index is 0.136. The first-order valence-corrected chi connectivity index (χ1v) is 6.87. The third kappa shape index (κ3) is 2.59. The first-order valence-electron chi connectivity index (χ1n) is 6.49. The Morgan fingerprint density at radius 1 is 1.50 bits per heavy atom. The molecule has 0 aliphatic carbocycles. The summed E-state index contributed by atoms with van der Waals surface area (Å²) in [6.45, 7) is 9.25. The van der Waals surface area contributed by atoms with Gasteiger partial charge in [0.1, 0.15) is 5.78 Å². The van der Waals surface area contributed by atoms with Crippen LogP contribution in [-0.4, -0.2) is 33.6 Å². The van der Waals surface area contributed by atoms with E-state index in [0.717, 1.165) is 42.6 Å². The maximum absolute atomic E-state index is 11.5. The molecule has 1 saturated heterocycles. The van der Waals surface area contributed by atoms with Crippen molar-refractivity contribution < 1.29 is 4.79 Å². The van der Waals surface area contributed by atoms with E-state index in [9.17, 15) is 4.79 Å². The molecule has 5 heteroatoms. The average Bonchev–Trinajstić information content (AvgIpc) is 2.61. The van der Waals surface area contributed by atoms with Crippen LogP contribution in [0.4, 0.5) is 0 Å². The van der Waals surface area contributed by atoms with Gasteiger partial charge >= 0.3 is 0 Å². The maximum Gasteiger partial charge on any atom is 0.138 e. The molecular formula is C13H20ClN3O. The van der Waals surface area contributed by atoms with Crippen LogP contribution in [-0.2, 0) is 17.9 Å². The first kappa shape index (κ1) is 13.6. The largest absolute Gasteiger partial charge is 0.299 e. The molecule has 0 saturated carbocycles. The second kappa shape index (κ2) is 5.41. The number of halogens is 1. The number of hydrogen-bond acceptors (Lipinski definition) is 3. The number of piperidine rings is 1. The number of aromatic nitrogens is 2. The van der Waals surface area contributed by atoms with Gasteiger partial charge in [0.2, 0.25) is 0 Å². The highest BCUT2D eigenvalue weighted by molar-refractivity contribution is 6.31. The molecule has 0 N–H and O–H groups in total. The van der Waals surface area contributed by atoms with Crippen LogP contribution >= 0.6 is 11.6 Å². The molecule has 1 aliphatic heterocycles. The molecule has 1 aliphatic rings. The molecule has 2 heterocycles. The van der Waals surface area contributed by atoms with Gasteiger partial charge in [0.15, 0.2) is 0 Å². The summed E-state index contributed by atoms with van der Waals surface area (Å²) in [6, 6.07) is 0. The minimum atomic E-state index is 0.136. The zero-order valence-corrected chi connectivity index (χ0v) is 12.0. The number of ketones is 1. The van der Waals surface area contributed by atoms with Crippen molar-refractivity contribution in [1.82, 2.24) is 14.7 Å². The first-order chi connectivity index (χ1) is 8.52. The van der Waals surface area contributed by atoms with Crippen LogP contribution < -0.4 is 0 Å². The lowest BCUT2D eigenvalue weighted by Gasteiger charge is -2.30. The van der Waals surface area contributed by atoms with Crippen molar-refractivity contribution in [3.63, 3.8) is 0 Å². The lowest BCUT2D eigenvalue weighted by atomic mass is 9.98. The van der Waals surface area contributed by atoms with Crippen LogP contribution in [0.15, 0.2) is 0 Å². The quantitative estimate of drug-likeness (QED) is 0.845. The SMILES string of the molecule is CCn1nc(C)c(Cl)c1CN1CCC(=O)C(C)C1. The smallest absolute Gasteiger partial charge is 0.138 e. The van der Waals surface area contributed by atoms with E-state index in [1.54, 1.807) is 0 Å². The Labute approximate surface area is 113 Å². The third-order valence-corrected chi connectivity index (χ3v) is 4.07. The standard InChI is InChI=1S/C13H20ClN3O/c1-4-17-11(13(14)10(3)15-17)8-16-6-5-12(18)9(2)7-16/h9H,4-8H2,1-3H3. The summed E-state index contributed by atoms with van der Waals surface area (Å²) in [4.78, 5) is 13.8. The maximum atomic E-state index is 11.5. The zero-order chi connectivity index (χ0) is 13.3. The Hall–Kier alpha value is -0.870. The van der Waals surface area contributed by atoms with Crippen molar-refractivity contribution in [2.24, 2.45) is 5.92 Å². The molecule has 0 amide bonds. The van der Waals surface area contributed by atoms with Crippen LogP contribution in [0.1, 0.15) is 31.7 Å². The summed E-state index contributed by atoms with van der Waals surface area (Å²) in [5, 5.41) is 5.18. The molecule has 1 unspecified atom stereocenters. The topological polar surface area (TPSA) is 38.1 Å². The molecule has 18 heavy (non-hydrogen) atoms. The molecule has 0 aromatic carbocycles. The lowest BCUT2D eigenvalue weighted by Crippen LogP contribution is -2.39. The van der Waals surface area contributed by atoms with Crippen LogP contribution in [0.25, 0.3) is 0 Å². The predicted octanol–water partition coefficient (Wildman–Crippen LogP) is 2.28. The summed E-state index contributed by atoms with van der Waals surface area (Å²) < 4.78 is 1.96. The van der Waals surface area contributed by atoms with Gasteiger partial charge in [0.25, 0.3) is 0 Å². The summed E-state index contributed by atoms with van der Waals surface area (Å²) in [6.07, 6.45) is 0.651. The van der Waals surface area contributed by atoms with Gasteiger partial charge in [-0.05, 0) is 13.8 Å². The molecule has 1 aromatic rings. The molecule has 0 spiro atoms. The van der Waals surface area contributed by atoms with Crippen molar-refractivity contribution in [2.75, 3.05) is 13.1 Å². The number of carbonyl (C=O) groups is 1. The van der Waals surface area contributed by atoms with E-state index < -0.39 is 0 Å². The zero-order valence-electron chi connectivity index (χ0n) is 11.2. The second-order valence-electron chi connectivity index (χ2n) is 5.01. The minimum Gasteiger partial charge on any atom is -0.299 e. The number of aryl methyl sites for hydroxylation is 2. The fraction of sp³-hybridized carbons (Fsp3) is 0.692. The van der Waals surface area contributed by atoms with E-state index in [1.165, 1.54) is 0 Å². The average molecular weight is 270 g/mol. The molecule has 1 aromatic heterocycles. The van der Waals surface area contributed by atoms with Crippen LogP contribution in [0.5, 0.6) is 0 Å². The fourth-order valence-corrected chi connectivity index (χ4v) is 2.67. The highest BCUT2D eigenvalue weighted by atomic mass is 35.5. The van der Waals surface area contributed by atoms with Gasteiger partial charge in [-0.1, -0.05) is 18.5 Å². The fourth-order valence-electron chi connectivity index (χ4n) is 2.47. The summed E-state index contributed by atoms with van der Waals surface area (Å²) >= 11 is 6.30. The van der Waals surface area contributed by atoms with Crippen molar-refractivity contribution in [3.05, 3.63) is 16.4 Å². The number of nitrogens with zero attached hydrogens (tertiary/aromatic N) is 3. The van der Waals surface area contributed by atoms with Gasteiger partial charge < -0.3 is 0 Å². The van der Waals surface area contributed by atoms with Crippen molar-refractivity contribution >= 4 is 17.4 Å². The van der Waals surface area contributed by atoms with Gasteiger partial charge in [-0.2, -0.15) is 5.10 Å². The summed E-state index contributed by atoms with van der Waals surface area (Å²) in [5.74, 6) is 0.508. The Kier molecular flexibility index (Phi) is 4.07. The second-order valence-corrected chi connectivity index (χ2v) is 5.39. The van der Waals surface area contributed by atoms with Crippen molar-refractivity contribution in [1.29, 1.82) is 0 Å². The van der Waals surface area contributed by atoms with Gasteiger partial charge in [0, 0.05) is 38.5 Å². The Morgan fingerprint density at radius 3 is 2.83 bits per heavy atom. The highest BCUT2D eigenvalue weighted by Crippen LogP contribution is 2.23. The monoisotopic (exact) mass is 269 g/mol. The van der Waals surface area contributed by atoms with Crippen molar-refractivity contribution in [3.8, 4) is 0 Å². The number of carbonyl (C=O) groups excluding carboxylic acids is 1. The molecule has 0 radical (unpaired) electrons. The van der Waals surface area contributed by atoms with Gasteiger partial charge in [0.05, 0.1) is 16.4 Å². The van der Waals surface area contributed by atoms with E-state index in [1.807, 2.05) is 18.5 Å². The van der Waals surface area contributed by atoms with Crippen LogP contribution in [0.2, 0.25) is 5.02 Å². The molecule has 2 rings (SSSR count). The normalized spacial score (nSPS) is 21.6. The van der Waals surface area contributed by atoms with Crippen molar-refractivity contribution in [2.45, 2.75) is 40.3 Å². The lowest BCUT2D eigenvalue weighted by molar-refractivity contribution is -0.125. The predicted molar refractivity (Wildman–Crippen MR) is 71.7 cm³/mol. The number of hydrogen-bond donors (Lipinski definition) is 0.